The molecule has 0 radical (unpaired) electrons. The van der Waals surface area contributed by atoms with Crippen LogP contribution in [0.3, 0.4) is 0 Å². The van der Waals surface area contributed by atoms with Crippen LogP contribution in [0.1, 0.15) is 29.3 Å². The molecule has 1 amide bonds. The predicted molar refractivity (Wildman–Crippen MR) is 69.3 cm³/mol. The van der Waals surface area contributed by atoms with Gasteiger partial charge in [-0.1, -0.05) is 19.1 Å². The summed E-state index contributed by atoms with van der Waals surface area (Å²) in [6, 6.07) is 4.71. The number of nitrogens with one attached hydrogen (secondary N) is 2. The minimum absolute atomic E-state index is 0.141. The second-order valence-corrected chi connectivity index (χ2v) is 5.09. The lowest BCUT2D eigenvalue weighted by atomic mass is 9.94. The molecule has 2 atom stereocenters. The van der Waals surface area contributed by atoms with Crippen molar-refractivity contribution in [2.24, 2.45) is 5.92 Å². The van der Waals surface area contributed by atoms with Gasteiger partial charge in [-0.2, -0.15) is 13.2 Å². The average molecular weight is 286 g/mol. The lowest BCUT2D eigenvalue weighted by Crippen LogP contribution is -2.50. The fourth-order valence-electron chi connectivity index (χ4n) is 2.36. The first-order valence-corrected chi connectivity index (χ1v) is 6.57. The quantitative estimate of drug-likeness (QED) is 0.876. The topological polar surface area (TPSA) is 41.1 Å². The Kier molecular flexibility index (Phi) is 4.32. The molecule has 1 aromatic rings. The molecule has 0 bridgehead atoms. The largest absolute Gasteiger partial charge is 0.417 e. The molecule has 3 nitrogen and oxygen atoms in total. The van der Waals surface area contributed by atoms with Crippen molar-refractivity contribution in [1.82, 2.24) is 10.6 Å². The number of hydrogen-bond acceptors (Lipinski definition) is 2. The van der Waals surface area contributed by atoms with Gasteiger partial charge in [-0.15, -0.1) is 0 Å². The smallest absolute Gasteiger partial charge is 0.348 e. The first-order valence-electron chi connectivity index (χ1n) is 6.57. The molecule has 0 aromatic heterocycles. The van der Waals surface area contributed by atoms with E-state index in [0.717, 1.165) is 19.0 Å². The highest BCUT2D eigenvalue weighted by molar-refractivity contribution is 5.96. The zero-order valence-electron chi connectivity index (χ0n) is 11.1. The average Bonchev–Trinajstić information content (AvgIpc) is 2.40. The normalized spacial score (nSPS) is 23.4. The Morgan fingerprint density at radius 3 is 2.70 bits per heavy atom. The van der Waals surface area contributed by atoms with Gasteiger partial charge in [0.2, 0.25) is 0 Å². The molecule has 1 saturated heterocycles. The second kappa shape index (κ2) is 5.83. The number of halogens is 3. The van der Waals surface area contributed by atoms with Crippen LogP contribution in [0.4, 0.5) is 13.2 Å². The summed E-state index contributed by atoms with van der Waals surface area (Å²) in [5.41, 5.74) is -1.22. The molecule has 1 aliphatic heterocycles. The molecule has 1 aliphatic rings. The van der Waals surface area contributed by atoms with Gasteiger partial charge in [0.05, 0.1) is 11.1 Å². The maximum Gasteiger partial charge on any atom is 0.417 e. The Labute approximate surface area is 115 Å². The first kappa shape index (κ1) is 14.8. The summed E-state index contributed by atoms with van der Waals surface area (Å²) in [6.45, 7) is 3.44. The number of benzene rings is 1. The molecular weight excluding hydrogens is 269 g/mol. The number of piperidine rings is 1. The third kappa shape index (κ3) is 3.30. The van der Waals surface area contributed by atoms with Crippen molar-refractivity contribution in [3.8, 4) is 0 Å². The van der Waals surface area contributed by atoms with Crippen LogP contribution in [0.2, 0.25) is 0 Å². The maximum absolute atomic E-state index is 12.9. The SMILES string of the molecule is CC1CCNCC1NC(=O)c1ccccc1C(F)(F)F. The van der Waals surface area contributed by atoms with E-state index in [4.69, 9.17) is 0 Å². The second-order valence-electron chi connectivity index (χ2n) is 5.09. The van der Waals surface area contributed by atoms with Gasteiger partial charge in [0.25, 0.3) is 5.91 Å². The molecule has 110 valence electrons. The molecule has 2 N–H and O–H groups in total. The van der Waals surface area contributed by atoms with Crippen LogP contribution in [0.15, 0.2) is 24.3 Å². The van der Waals surface area contributed by atoms with Crippen molar-refractivity contribution in [1.29, 1.82) is 0 Å². The van der Waals surface area contributed by atoms with E-state index in [1.165, 1.54) is 18.2 Å². The molecule has 0 aliphatic carbocycles. The molecule has 6 heteroatoms. The number of alkyl halides is 3. The highest BCUT2D eigenvalue weighted by Crippen LogP contribution is 2.31. The van der Waals surface area contributed by atoms with Gasteiger partial charge in [0.1, 0.15) is 0 Å². The van der Waals surface area contributed by atoms with E-state index >= 15 is 0 Å². The number of hydrogen-bond donors (Lipinski definition) is 2. The van der Waals surface area contributed by atoms with Crippen LogP contribution < -0.4 is 10.6 Å². The fourth-order valence-corrected chi connectivity index (χ4v) is 2.36. The van der Waals surface area contributed by atoms with Crippen LogP contribution in [0.25, 0.3) is 0 Å². The van der Waals surface area contributed by atoms with E-state index in [1.807, 2.05) is 6.92 Å². The van der Waals surface area contributed by atoms with Crippen molar-refractivity contribution in [2.45, 2.75) is 25.6 Å². The van der Waals surface area contributed by atoms with Crippen molar-refractivity contribution < 1.29 is 18.0 Å². The van der Waals surface area contributed by atoms with Gasteiger partial charge in [-0.3, -0.25) is 4.79 Å². The summed E-state index contributed by atoms with van der Waals surface area (Å²) in [5, 5.41) is 5.83. The van der Waals surface area contributed by atoms with Gasteiger partial charge in [0.15, 0.2) is 0 Å². The predicted octanol–water partition coefficient (Wildman–Crippen LogP) is 2.43. The van der Waals surface area contributed by atoms with E-state index in [9.17, 15) is 18.0 Å². The molecule has 1 aromatic carbocycles. The summed E-state index contributed by atoms with van der Waals surface area (Å²) in [4.78, 5) is 12.1. The third-order valence-electron chi connectivity index (χ3n) is 3.62. The van der Waals surface area contributed by atoms with Crippen LogP contribution in [0.5, 0.6) is 0 Å². The summed E-state index contributed by atoms with van der Waals surface area (Å²) in [5.74, 6) is -0.420. The Bertz CT molecular complexity index is 488. The van der Waals surface area contributed by atoms with Crippen molar-refractivity contribution >= 4 is 5.91 Å². The van der Waals surface area contributed by atoms with Crippen molar-refractivity contribution in [2.75, 3.05) is 13.1 Å². The zero-order chi connectivity index (χ0) is 14.8. The molecule has 20 heavy (non-hydrogen) atoms. The molecule has 1 fully saturated rings. The highest BCUT2D eigenvalue weighted by atomic mass is 19.4. The van der Waals surface area contributed by atoms with E-state index < -0.39 is 17.6 Å². The maximum atomic E-state index is 12.9. The lowest BCUT2D eigenvalue weighted by molar-refractivity contribution is -0.137. The summed E-state index contributed by atoms with van der Waals surface area (Å²) >= 11 is 0. The minimum atomic E-state index is -4.52. The Balaban J connectivity index is 2.17. The van der Waals surface area contributed by atoms with E-state index in [2.05, 4.69) is 10.6 Å². The number of amides is 1. The van der Waals surface area contributed by atoms with Crippen LogP contribution in [-0.2, 0) is 6.18 Å². The molecule has 0 saturated carbocycles. The Hall–Kier alpha value is -1.56. The zero-order valence-corrected chi connectivity index (χ0v) is 11.1. The number of rotatable bonds is 2. The Morgan fingerprint density at radius 1 is 1.35 bits per heavy atom. The van der Waals surface area contributed by atoms with Crippen LogP contribution in [-0.4, -0.2) is 25.0 Å². The monoisotopic (exact) mass is 286 g/mol. The van der Waals surface area contributed by atoms with Gasteiger partial charge in [0, 0.05) is 12.6 Å². The number of carbonyl (C=O) groups excluding carboxylic acids is 1. The van der Waals surface area contributed by atoms with E-state index in [-0.39, 0.29) is 17.5 Å². The van der Waals surface area contributed by atoms with Crippen LogP contribution in [0, 0.1) is 5.92 Å². The number of carbonyl (C=O) groups is 1. The summed E-state index contributed by atoms with van der Waals surface area (Å²) < 4.78 is 38.6. The standard InChI is InChI=1S/C14H17F3N2O/c1-9-6-7-18-8-12(9)19-13(20)10-4-2-3-5-11(10)14(15,16)17/h2-5,9,12,18H,6-8H2,1H3,(H,19,20). The van der Waals surface area contributed by atoms with Crippen molar-refractivity contribution in [3.63, 3.8) is 0 Å². The van der Waals surface area contributed by atoms with Gasteiger partial charge in [-0.25, -0.2) is 0 Å². The van der Waals surface area contributed by atoms with E-state index in [0.29, 0.717) is 6.54 Å². The summed E-state index contributed by atoms with van der Waals surface area (Å²) in [6.07, 6.45) is -3.63. The Morgan fingerprint density at radius 2 is 2.05 bits per heavy atom. The molecular formula is C14H17F3N2O. The lowest BCUT2D eigenvalue weighted by Gasteiger charge is -2.30. The molecule has 2 rings (SSSR count). The van der Waals surface area contributed by atoms with Crippen molar-refractivity contribution in [3.05, 3.63) is 35.4 Å². The minimum Gasteiger partial charge on any atom is -0.348 e. The fraction of sp³-hybridized carbons (Fsp3) is 0.500. The van der Waals surface area contributed by atoms with Gasteiger partial charge < -0.3 is 10.6 Å². The molecule has 2 unspecified atom stereocenters. The molecule has 0 spiro atoms. The summed E-state index contributed by atoms with van der Waals surface area (Å²) in [7, 11) is 0. The molecule has 1 heterocycles. The van der Waals surface area contributed by atoms with Gasteiger partial charge in [-0.05, 0) is 31.0 Å². The van der Waals surface area contributed by atoms with Gasteiger partial charge >= 0.3 is 6.18 Å². The van der Waals surface area contributed by atoms with Crippen LogP contribution >= 0.6 is 0 Å². The highest BCUT2D eigenvalue weighted by Gasteiger charge is 2.35. The third-order valence-corrected chi connectivity index (χ3v) is 3.62. The van der Waals surface area contributed by atoms with E-state index in [1.54, 1.807) is 0 Å². The first-order chi connectivity index (χ1) is 9.39.